The molecule has 3 nitrogen and oxygen atoms in total. The molecule has 5 heteroatoms. The lowest BCUT2D eigenvalue weighted by atomic mass is 10.00. The lowest BCUT2D eigenvalue weighted by Crippen LogP contribution is -2.38. The van der Waals surface area contributed by atoms with Crippen molar-refractivity contribution in [2.75, 3.05) is 20.1 Å². The predicted molar refractivity (Wildman–Crippen MR) is 69.5 cm³/mol. The van der Waals surface area contributed by atoms with Crippen molar-refractivity contribution in [2.45, 2.75) is 13.0 Å². The Kier molecular flexibility index (Phi) is 3.92. The van der Waals surface area contributed by atoms with Gasteiger partial charge in [0.25, 0.3) is 0 Å². The second-order valence-corrected chi connectivity index (χ2v) is 5.00. The van der Waals surface area contributed by atoms with Crippen LogP contribution in [-0.2, 0) is 17.8 Å². The highest BCUT2D eigenvalue weighted by atomic mass is 35.5. The molecule has 17 heavy (non-hydrogen) atoms. The molecule has 1 aliphatic heterocycles. The fourth-order valence-electron chi connectivity index (χ4n) is 2.08. The lowest BCUT2D eigenvalue weighted by molar-refractivity contribution is -0.121. The number of halogens is 2. The number of rotatable bonds is 2. The number of hydrogen-bond acceptors (Lipinski definition) is 2. The van der Waals surface area contributed by atoms with E-state index in [2.05, 4.69) is 10.2 Å². The number of amides is 1. The molecule has 1 heterocycles. The van der Waals surface area contributed by atoms with E-state index in [1.165, 1.54) is 0 Å². The second kappa shape index (κ2) is 5.25. The second-order valence-electron chi connectivity index (χ2n) is 4.16. The molecule has 1 amide bonds. The van der Waals surface area contributed by atoms with Crippen LogP contribution in [0.2, 0.25) is 10.0 Å². The Morgan fingerprint density at radius 1 is 1.47 bits per heavy atom. The molecule has 0 radical (unpaired) electrons. The maximum Gasteiger partial charge on any atom is 0.233 e. The summed E-state index contributed by atoms with van der Waals surface area (Å²) in [6.45, 7) is 1.99. The number of benzene rings is 1. The first kappa shape index (κ1) is 12.7. The molecule has 1 aliphatic rings. The summed E-state index contributed by atoms with van der Waals surface area (Å²) in [5.41, 5.74) is 2.28. The number of carbonyl (C=O) groups is 1. The van der Waals surface area contributed by atoms with Gasteiger partial charge in [0.05, 0.1) is 6.54 Å². The van der Waals surface area contributed by atoms with E-state index < -0.39 is 0 Å². The molecule has 1 aromatic carbocycles. The van der Waals surface area contributed by atoms with Gasteiger partial charge in [-0.1, -0.05) is 23.2 Å². The number of nitrogens with one attached hydrogen (secondary N) is 1. The minimum atomic E-state index is 0.0292. The van der Waals surface area contributed by atoms with E-state index in [4.69, 9.17) is 23.2 Å². The van der Waals surface area contributed by atoms with Gasteiger partial charge in [0.15, 0.2) is 0 Å². The summed E-state index contributed by atoms with van der Waals surface area (Å²) in [7, 11) is 1.65. The zero-order valence-corrected chi connectivity index (χ0v) is 11.1. The Hall–Kier alpha value is -0.770. The third kappa shape index (κ3) is 2.92. The van der Waals surface area contributed by atoms with E-state index in [9.17, 15) is 4.79 Å². The van der Waals surface area contributed by atoms with Gasteiger partial charge in [-0.25, -0.2) is 0 Å². The highest BCUT2D eigenvalue weighted by molar-refractivity contribution is 6.35. The van der Waals surface area contributed by atoms with Crippen LogP contribution in [-0.4, -0.2) is 30.9 Å². The number of fused-ring (bicyclic) bond motifs is 1. The van der Waals surface area contributed by atoms with Crippen LogP contribution in [0.4, 0.5) is 0 Å². The van der Waals surface area contributed by atoms with E-state index in [1.807, 2.05) is 6.07 Å². The lowest BCUT2D eigenvalue weighted by Gasteiger charge is -2.28. The fraction of sp³-hybridized carbons (Fsp3) is 0.417. The van der Waals surface area contributed by atoms with Crippen molar-refractivity contribution in [1.82, 2.24) is 10.2 Å². The molecular weight excluding hydrogens is 259 g/mol. The molecule has 0 saturated carbocycles. The first-order valence-electron chi connectivity index (χ1n) is 5.50. The van der Waals surface area contributed by atoms with Crippen LogP contribution in [0, 0.1) is 0 Å². The standard InChI is InChI=1S/C12H14Cl2N2O/c1-15-12(17)7-16-3-2-10-8(6-16)4-9(13)5-11(10)14/h4-5H,2-3,6-7H2,1H3,(H,15,17). The predicted octanol–water partition coefficient (Wildman–Crippen LogP) is 2.10. The first-order valence-corrected chi connectivity index (χ1v) is 6.25. The van der Waals surface area contributed by atoms with Crippen molar-refractivity contribution in [3.63, 3.8) is 0 Å². The summed E-state index contributed by atoms with van der Waals surface area (Å²) in [6.07, 6.45) is 0.863. The minimum absolute atomic E-state index is 0.0292. The molecule has 0 spiro atoms. The third-order valence-corrected chi connectivity index (χ3v) is 3.53. The maximum atomic E-state index is 11.3. The van der Waals surface area contributed by atoms with Crippen LogP contribution in [0.1, 0.15) is 11.1 Å². The molecule has 1 N–H and O–H groups in total. The van der Waals surface area contributed by atoms with Crippen LogP contribution in [0.5, 0.6) is 0 Å². The van der Waals surface area contributed by atoms with E-state index in [0.717, 1.165) is 35.7 Å². The van der Waals surface area contributed by atoms with Gasteiger partial charge in [0.1, 0.15) is 0 Å². The molecule has 0 atom stereocenters. The first-order chi connectivity index (χ1) is 8.10. The Morgan fingerprint density at radius 3 is 2.94 bits per heavy atom. The Bertz CT molecular complexity index is 448. The zero-order chi connectivity index (χ0) is 12.4. The molecule has 0 aliphatic carbocycles. The monoisotopic (exact) mass is 272 g/mol. The highest BCUT2D eigenvalue weighted by Crippen LogP contribution is 2.29. The average Bonchev–Trinajstić information content (AvgIpc) is 2.28. The molecule has 0 bridgehead atoms. The van der Waals surface area contributed by atoms with Gasteiger partial charge >= 0.3 is 0 Å². The van der Waals surface area contributed by atoms with E-state index in [0.29, 0.717) is 11.6 Å². The van der Waals surface area contributed by atoms with E-state index in [-0.39, 0.29) is 5.91 Å². The fourth-order valence-corrected chi connectivity index (χ4v) is 2.71. The summed E-state index contributed by atoms with van der Waals surface area (Å²) in [5, 5.41) is 4.00. The third-order valence-electron chi connectivity index (χ3n) is 2.97. The van der Waals surface area contributed by atoms with Crippen molar-refractivity contribution in [1.29, 1.82) is 0 Å². The van der Waals surface area contributed by atoms with Gasteiger partial charge in [-0.15, -0.1) is 0 Å². The molecule has 2 rings (SSSR count). The summed E-state index contributed by atoms with van der Waals surface area (Å²) in [6, 6.07) is 3.70. The summed E-state index contributed by atoms with van der Waals surface area (Å²) in [4.78, 5) is 13.4. The molecule has 0 saturated heterocycles. The van der Waals surface area contributed by atoms with E-state index in [1.54, 1.807) is 13.1 Å². The van der Waals surface area contributed by atoms with Gasteiger partial charge in [-0.05, 0) is 29.7 Å². The van der Waals surface area contributed by atoms with Crippen molar-refractivity contribution >= 4 is 29.1 Å². The van der Waals surface area contributed by atoms with Crippen molar-refractivity contribution in [3.8, 4) is 0 Å². The SMILES string of the molecule is CNC(=O)CN1CCc2c(Cl)cc(Cl)cc2C1. The number of likely N-dealkylation sites (N-methyl/N-ethyl adjacent to an activating group) is 1. The van der Waals surface area contributed by atoms with Crippen molar-refractivity contribution in [2.24, 2.45) is 0 Å². The molecule has 0 unspecified atom stereocenters. The Balaban J connectivity index is 2.15. The minimum Gasteiger partial charge on any atom is -0.358 e. The molecule has 0 aromatic heterocycles. The smallest absolute Gasteiger partial charge is 0.233 e. The topological polar surface area (TPSA) is 32.3 Å². The number of nitrogens with zero attached hydrogens (tertiary/aromatic N) is 1. The van der Waals surface area contributed by atoms with Gasteiger partial charge in [-0.2, -0.15) is 0 Å². The Labute approximate surface area is 111 Å². The van der Waals surface area contributed by atoms with Gasteiger partial charge in [-0.3, -0.25) is 9.69 Å². The summed E-state index contributed by atoms with van der Waals surface area (Å²) < 4.78 is 0. The van der Waals surface area contributed by atoms with Crippen LogP contribution < -0.4 is 5.32 Å². The quantitative estimate of drug-likeness (QED) is 0.895. The van der Waals surface area contributed by atoms with Gasteiger partial charge in [0.2, 0.25) is 5.91 Å². The molecule has 0 fully saturated rings. The summed E-state index contributed by atoms with van der Waals surface area (Å²) >= 11 is 12.1. The Morgan fingerprint density at radius 2 is 2.24 bits per heavy atom. The van der Waals surface area contributed by atoms with E-state index >= 15 is 0 Å². The number of carbonyl (C=O) groups excluding carboxylic acids is 1. The molecule has 92 valence electrons. The molecule has 1 aromatic rings. The van der Waals surface area contributed by atoms with Crippen LogP contribution in [0.25, 0.3) is 0 Å². The largest absolute Gasteiger partial charge is 0.358 e. The van der Waals surface area contributed by atoms with Gasteiger partial charge in [0, 0.05) is 30.2 Å². The van der Waals surface area contributed by atoms with Crippen molar-refractivity contribution in [3.05, 3.63) is 33.3 Å². The zero-order valence-electron chi connectivity index (χ0n) is 9.59. The molecular formula is C12H14Cl2N2O. The normalized spacial score (nSPS) is 15.5. The highest BCUT2D eigenvalue weighted by Gasteiger charge is 2.20. The maximum absolute atomic E-state index is 11.3. The number of hydrogen-bond donors (Lipinski definition) is 1. The summed E-state index contributed by atoms with van der Waals surface area (Å²) in [5.74, 6) is 0.0292. The van der Waals surface area contributed by atoms with Crippen LogP contribution >= 0.6 is 23.2 Å². The van der Waals surface area contributed by atoms with Crippen LogP contribution in [0.15, 0.2) is 12.1 Å². The average molecular weight is 273 g/mol. The van der Waals surface area contributed by atoms with Crippen molar-refractivity contribution < 1.29 is 4.79 Å². The van der Waals surface area contributed by atoms with Gasteiger partial charge < -0.3 is 5.32 Å². The van der Waals surface area contributed by atoms with Crippen LogP contribution in [0.3, 0.4) is 0 Å².